The second-order valence-corrected chi connectivity index (χ2v) is 4.94. The average molecular weight is 292 g/mol. The van der Waals surface area contributed by atoms with Crippen LogP contribution in [0.1, 0.15) is 10.6 Å². The minimum absolute atomic E-state index is 0.224. The van der Waals surface area contributed by atoms with Gasteiger partial charge in [0.15, 0.2) is 0 Å². The van der Waals surface area contributed by atoms with Crippen molar-refractivity contribution in [1.29, 1.82) is 0 Å². The van der Waals surface area contributed by atoms with Crippen LogP contribution in [-0.4, -0.2) is 27.2 Å². The van der Waals surface area contributed by atoms with Crippen LogP contribution in [0, 0.1) is 0 Å². The molecule has 1 heterocycles. The van der Waals surface area contributed by atoms with Gasteiger partial charge in [-0.15, -0.1) is 10.2 Å². The van der Waals surface area contributed by atoms with Crippen molar-refractivity contribution in [3.8, 4) is 0 Å². The van der Waals surface area contributed by atoms with Crippen molar-refractivity contribution >= 4 is 28.3 Å². The summed E-state index contributed by atoms with van der Waals surface area (Å²) in [7, 11) is 0. The Balaban J connectivity index is 1.89. The number of hydrogen-bond acceptors (Lipinski definition) is 6. The second kappa shape index (κ2) is 6.73. The van der Waals surface area contributed by atoms with Crippen LogP contribution in [0.3, 0.4) is 0 Å². The van der Waals surface area contributed by atoms with Gasteiger partial charge in [0.1, 0.15) is 5.01 Å². The molecule has 2 rings (SSSR count). The van der Waals surface area contributed by atoms with E-state index in [1.54, 1.807) is 0 Å². The summed E-state index contributed by atoms with van der Waals surface area (Å²) in [5.41, 5.74) is 2.43. The van der Waals surface area contributed by atoms with E-state index < -0.39 is 11.8 Å². The van der Waals surface area contributed by atoms with Crippen LogP contribution < -0.4 is 10.8 Å². The topological polar surface area (TPSA) is 104 Å². The summed E-state index contributed by atoms with van der Waals surface area (Å²) in [5, 5.41) is 19.2. The minimum Gasteiger partial charge on any atom is -0.292 e. The highest BCUT2D eigenvalue weighted by Gasteiger charge is 2.15. The number of aromatic nitrogens is 2. The number of rotatable bonds is 4. The maximum absolute atomic E-state index is 11.2. The second-order valence-electron chi connectivity index (χ2n) is 3.88. The molecule has 0 saturated carbocycles. The summed E-state index contributed by atoms with van der Waals surface area (Å²) >= 11 is 1.19. The van der Waals surface area contributed by atoms with E-state index in [0.29, 0.717) is 6.42 Å². The van der Waals surface area contributed by atoms with E-state index in [1.165, 1.54) is 22.4 Å². The molecule has 0 atom stereocenters. The molecular formula is C12H12N4O3S. The predicted molar refractivity (Wildman–Crippen MR) is 72.3 cm³/mol. The third-order valence-electron chi connectivity index (χ3n) is 2.47. The van der Waals surface area contributed by atoms with Gasteiger partial charge < -0.3 is 0 Å². The molecule has 104 valence electrons. The molecule has 1 aromatic carbocycles. The molecule has 0 aliphatic rings. The number of carbonyl (C=O) groups excluding carboxylic acids is 2. The van der Waals surface area contributed by atoms with Gasteiger partial charge in [-0.05, 0) is 12.0 Å². The molecule has 7 nitrogen and oxygen atoms in total. The smallest absolute Gasteiger partial charge is 0.292 e. The number of benzene rings is 1. The Kier molecular flexibility index (Phi) is 4.75. The van der Waals surface area contributed by atoms with Gasteiger partial charge in [0.05, 0.1) is 0 Å². The van der Waals surface area contributed by atoms with Crippen LogP contribution >= 0.6 is 11.3 Å². The van der Waals surface area contributed by atoms with Crippen molar-refractivity contribution in [1.82, 2.24) is 15.7 Å². The summed E-state index contributed by atoms with van der Waals surface area (Å²) < 4.78 is 0. The van der Waals surface area contributed by atoms with Gasteiger partial charge in [-0.1, -0.05) is 41.7 Å². The highest BCUT2D eigenvalue weighted by molar-refractivity contribution is 7.15. The molecule has 0 spiro atoms. The number of anilines is 1. The molecule has 0 bridgehead atoms. The van der Waals surface area contributed by atoms with E-state index in [4.69, 9.17) is 5.21 Å². The molecule has 2 amide bonds. The molecule has 0 aliphatic heterocycles. The Morgan fingerprint density at radius 3 is 2.55 bits per heavy atom. The number of nitrogens with one attached hydrogen (secondary N) is 2. The van der Waals surface area contributed by atoms with Crippen LogP contribution in [0.4, 0.5) is 5.13 Å². The zero-order valence-electron chi connectivity index (χ0n) is 10.4. The molecule has 0 fully saturated rings. The van der Waals surface area contributed by atoms with Crippen molar-refractivity contribution in [3.05, 3.63) is 40.9 Å². The Bertz CT molecular complexity index is 600. The summed E-state index contributed by atoms with van der Waals surface area (Å²) in [6.45, 7) is 0. The van der Waals surface area contributed by atoms with Crippen molar-refractivity contribution in [3.63, 3.8) is 0 Å². The highest BCUT2D eigenvalue weighted by atomic mass is 32.1. The van der Waals surface area contributed by atoms with E-state index in [9.17, 15) is 9.59 Å². The molecule has 0 unspecified atom stereocenters. The van der Waals surface area contributed by atoms with Crippen LogP contribution in [-0.2, 0) is 22.4 Å². The number of amides is 2. The summed E-state index contributed by atoms with van der Waals surface area (Å²) in [6, 6.07) is 9.93. The van der Waals surface area contributed by atoms with Crippen molar-refractivity contribution in [2.45, 2.75) is 12.8 Å². The lowest BCUT2D eigenvalue weighted by molar-refractivity contribution is -0.141. The molecule has 8 heteroatoms. The molecule has 3 N–H and O–H groups in total. The van der Waals surface area contributed by atoms with E-state index in [1.807, 2.05) is 30.3 Å². The van der Waals surface area contributed by atoms with Gasteiger partial charge in [-0.3, -0.25) is 20.1 Å². The fourth-order valence-corrected chi connectivity index (χ4v) is 2.24. The van der Waals surface area contributed by atoms with Gasteiger partial charge in [-0.2, -0.15) is 0 Å². The lowest BCUT2D eigenvalue weighted by atomic mass is 10.1. The van der Waals surface area contributed by atoms with E-state index in [2.05, 4.69) is 15.5 Å². The lowest BCUT2D eigenvalue weighted by Crippen LogP contribution is -2.33. The summed E-state index contributed by atoms with van der Waals surface area (Å²) in [5.74, 6) is -2.13. The van der Waals surface area contributed by atoms with Crippen LogP contribution in [0.15, 0.2) is 30.3 Å². The normalized spacial score (nSPS) is 10.1. The van der Waals surface area contributed by atoms with Gasteiger partial charge in [0.25, 0.3) is 0 Å². The van der Waals surface area contributed by atoms with Gasteiger partial charge >= 0.3 is 11.8 Å². The van der Waals surface area contributed by atoms with Crippen molar-refractivity contribution in [2.75, 3.05) is 5.32 Å². The summed E-state index contributed by atoms with van der Waals surface area (Å²) in [6.07, 6.45) is 1.52. The predicted octanol–water partition coefficient (Wildman–Crippen LogP) is 0.767. The average Bonchev–Trinajstić information content (AvgIpc) is 2.92. The van der Waals surface area contributed by atoms with E-state index in [0.717, 1.165) is 11.4 Å². The first-order valence-electron chi connectivity index (χ1n) is 5.81. The lowest BCUT2D eigenvalue weighted by Gasteiger charge is -1.98. The molecule has 1 aromatic heterocycles. The third kappa shape index (κ3) is 3.84. The molecule has 0 aliphatic carbocycles. The number of aryl methyl sites for hydroxylation is 2. The maximum atomic E-state index is 11.2. The van der Waals surface area contributed by atoms with E-state index in [-0.39, 0.29) is 5.13 Å². The quantitative estimate of drug-likeness (QED) is 0.438. The Morgan fingerprint density at radius 2 is 1.85 bits per heavy atom. The molecule has 20 heavy (non-hydrogen) atoms. The molecule has 2 aromatic rings. The summed E-state index contributed by atoms with van der Waals surface area (Å²) in [4.78, 5) is 22.0. The first-order chi connectivity index (χ1) is 9.69. The van der Waals surface area contributed by atoms with Gasteiger partial charge in [0, 0.05) is 6.42 Å². The zero-order valence-corrected chi connectivity index (χ0v) is 11.2. The number of nitrogens with zero attached hydrogens (tertiary/aromatic N) is 2. The minimum atomic E-state index is -1.15. The number of hydrogen-bond donors (Lipinski definition) is 3. The first kappa shape index (κ1) is 14.1. The van der Waals surface area contributed by atoms with Gasteiger partial charge in [-0.25, -0.2) is 5.48 Å². The van der Waals surface area contributed by atoms with Crippen LogP contribution in [0.25, 0.3) is 0 Å². The third-order valence-corrected chi connectivity index (χ3v) is 3.36. The standard InChI is InChI=1S/C12H12N4O3S/c17-10(11(18)16-19)13-12-15-14-9(20-12)7-6-8-4-2-1-3-5-8/h1-5,19H,6-7H2,(H,16,18)(H,13,15,17). The fourth-order valence-electron chi connectivity index (χ4n) is 1.51. The zero-order chi connectivity index (χ0) is 14.4. The molecule has 0 radical (unpaired) electrons. The Morgan fingerprint density at radius 1 is 1.10 bits per heavy atom. The SMILES string of the molecule is O=C(NO)C(=O)Nc1nnc(CCc2ccccc2)s1. The van der Waals surface area contributed by atoms with Crippen molar-refractivity contribution in [2.24, 2.45) is 0 Å². The molecule has 0 saturated heterocycles. The molecular weight excluding hydrogens is 280 g/mol. The van der Waals surface area contributed by atoms with Crippen molar-refractivity contribution < 1.29 is 14.8 Å². The number of hydroxylamine groups is 1. The Hall–Kier alpha value is -2.32. The Labute approximate surface area is 118 Å². The first-order valence-corrected chi connectivity index (χ1v) is 6.62. The van der Waals surface area contributed by atoms with Crippen LogP contribution in [0.2, 0.25) is 0 Å². The van der Waals surface area contributed by atoms with E-state index >= 15 is 0 Å². The highest BCUT2D eigenvalue weighted by Crippen LogP contribution is 2.17. The largest absolute Gasteiger partial charge is 0.333 e. The van der Waals surface area contributed by atoms with Gasteiger partial charge in [0.2, 0.25) is 5.13 Å². The fraction of sp³-hybridized carbons (Fsp3) is 0.167. The number of carbonyl (C=O) groups is 2. The monoisotopic (exact) mass is 292 g/mol. The van der Waals surface area contributed by atoms with Crippen LogP contribution in [0.5, 0.6) is 0 Å². The maximum Gasteiger partial charge on any atom is 0.333 e.